The van der Waals surface area contributed by atoms with Gasteiger partial charge in [0.25, 0.3) is 5.91 Å². The number of nitrogens with zero attached hydrogens (tertiary/aromatic N) is 2. The predicted molar refractivity (Wildman–Crippen MR) is 94.4 cm³/mol. The largest absolute Gasteiger partial charge is 0.418 e. The fourth-order valence-electron chi connectivity index (χ4n) is 2.39. The molecule has 0 unspecified atom stereocenters. The molecule has 3 rings (SSSR count). The summed E-state index contributed by atoms with van der Waals surface area (Å²) in [6, 6.07) is 13.3. The molecule has 0 radical (unpaired) electrons. The molecule has 2 N–H and O–H groups in total. The van der Waals surface area contributed by atoms with E-state index in [1.54, 1.807) is 24.4 Å². The number of hydrogen-bond donors (Lipinski definition) is 2. The van der Waals surface area contributed by atoms with Gasteiger partial charge in [-0.2, -0.15) is 13.2 Å². The smallest absolute Gasteiger partial charge is 0.346 e. The Morgan fingerprint density at radius 2 is 1.74 bits per heavy atom. The minimum atomic E-state index is -4.50. The van der Waals surface area contributed by atoms with Gasteiger partial charge >= 0.3 is 6.18 Å². The molecule has 3 aromatic rings. The molecule has 2 heterocycles. The maximum atomic E-state index is 13.1. The second-order valence-electron chi connectivity index (χ2n) is 5.60. The highest BCUT2D eigenvalue weighted by Crippen LogP contribution is 2.35. The van der Waals surface area contributed by atoms with Crippen molar-refractivity contribution in [2.75, 3.05) is 5.32 Å². The first-order valence-corrected chi connectivity index (χ1v) is 8.01. The van der Waals surface area contributed by atoms with Crippen molar-refractivity contribution in [1.29, 1.82) is 0 Å². The molecule has 0 saturated carbocycles. The van der Waals surface area contributed by atoms with Crippen molar-refractivity contribution < 1.29 is 18.0 Å². The lowest BCUT2D eigenvalue weighted by atomic mass is 10.1. The highest BCUT2D eigenvalue weighted by molar-refractivity contribution is 5.94. The molecule has 1 aromatic carbocycles. The van der Waals surface area contributed by atoms with Crippen molar-refractivity contribution in [3.05, 3.63) is 83.8 Å². The average molecular weight is 372 g/mol. The Bertz CT molecular complexity index is 929. The van der Waals surface area contributed by atoms with E-state index in [1.807, 2.05) is 0 Å². The number of anilines is 2. The van der Waals surface area contributed by atoms with Gasteiger partial charge in [0.1, 0.15) is 5.82 Å². The first kappa shape index (κ1) is 18.4. The summed E-state index contributed by atoms with van der Waals surface area (Å²) in [5.41, 5.74) is 0.0191. The van der Waals surface area contributed by atoms with Crippen LogP contribution in [0, 0.1) is 0 Å². The standard InChI is InChI=1S/C19H15F3N4O/c20-19(21,22)15-6-1-2-7-16(15)26-17-11-13(8-10-24-17)18(27)25-12-14-5-3-4-9-23-14/h1-11H,12H2,(H,24,26)(H,25,27). The van der Waals surface area contributed by atoms with Gasteiger partial charge in [-0.05, 0) is 36.4 Å². The minimum Gasteiger partial charge on any atom is -0.346 e. The summed E-state index contributed by atoms with van der Waals surface area (Å²) in [5, 5.41) is 5.33. The number of hydrogen-bond acceptors (Lipinski definition) is 4. The molecular weight excluding hydrogens is 357 g/mol. The normalized spacial score (nSPS) is 11.1. The lowest BCUT2D eigenvalue weighted by Crippen LogP contribution is -2.23. The molecule has 0 aliphatic heterocycles. The van der Waals surface area contributed by atoms with Crippen LogP contribution in [0.4, 0.5) is 24.7 Å². The first-order chi connectivity index (χ1) is 12.9. The van der Waals surface area contributed by atoms with Crippen LogP contribution in [0.15, 0.2) is 67.0 Å². The summed E-state index contributed by atoms with van der Waals surface area (Å²) in [4.78, 5) is 20.4. The van der Waals surface area contributed by atoms with Gasteiger partial charge in [-0.3, -0.25) is 9.78 Å². The molecule has 5 nitrogen and oxygen atoms in total. The van der Waals surface area contributed by atoms with Crippen LogP contribution in [-0.4, -0.2) is 15.9 Å². The molecule has 27 heavy (non-hydrogen) atoms. The quantitative estimate of drug-likeness (QED) is 0.706. The van der Waals surface area contributed by atoms with E-state index in [2.05, 4.69) is 20.6 Å². The van der Waals surface area contributed by atoms with Crippen LogP contribution < -0.4 is 10.6 Å². The Kier molecular flexibility index (Phi) is 5.35. The molecule has 0 aliphatic rings. The van der Waals surface area contributed by atoms with Crippen LogP contribution in [0.2, 0.25) is 0 Å². The average Bonchev–Trinajstić information content (AvgIpc) is 2.67. The molecule has 8 heteroatoms. The van der Waals surface area contributed by atoms with Gasteiger partial charge in [-0.1, -0.05) is 18.2 Å². The van der Waals surface area contributed by atoms with Gasteiger partial charge in [0, 0.05) is 18.0 Å². The fraction of sp³-hybridized carbons (Fsp3) is 0.105. The van der Waals surface area contributed by atoms with Gasteiger partial charge in [0.2, 0.25) is 0 Å². The van der Waals surface area contributed by atoms with E-state index in [0.717, 1.165) is 6.07 Å². The number of benzene rings is 1. The van der Waals surface area contributed by atoms with Gasteiger partial charge in [0.05, 0.1) is 23.5 Å². The fourth-order valence-corrected chi connectivity index (χ4v) is 2.39. The first-order valence-electron chi connectivity index (χ1n) is 8.01. The van der Waals surface area contributed by atoms with Crippen LogP contribution >= 0.6 is 0 Å². The van der Waals surface area contributed by atoms with Crippen LogP contribution in [-0.2, 0) is 12.7 Å². The molecule has 0 aliphatic carbocycles. The summed E-state index contributed by atoms with van der Waals surface area (Å²) in [5.74, 6) is -0.243. The van der Waals surface area contributed by atoms with Crippen molar-refractivity contribution in [2.24, 2.45) is 0 Å². The highest BCUT2D eigenvalue weighted by atomic mass is 19.4. The third-order valence-electron chi connectivity index (χ3n) is 3.67. The van der Waals surface area contributed by atoms with Crippen molar-refractivity contribution in [1.82, 2.24) is 15.3 Å². The Labute approximate surface area is 153 Å². The number of nitrogens with one attached hydrogen (secondary N) is 2. The van der Waals surface area contributed by atoms with Gasteiger partial charge < -0.3 is 10.6 Å². The summed E-state index contributed by atoms with van der Waals surface area (Å²) in [6.07, 6.45) is -1.52. The topological polar surface area (TPSA) is 66.9 Å². The second kappa shape index (κ2) is 7.86. The number of halogens is 3. The lowest BCUT2D eigenvalue weighted by Gasteiger charge is -2.14. The van der Waals surface area contributed by atoms with Crippen molar-refractivity contribution >= 4 is 17.4 Å². The number of carbonyl (C=O) groups excluding carboxylic acids is 1. The number of amides is 1. The molecule has 1 amide bonds. The van der Waals surface area contributed by atoms with Crippen molar-refractivity contribution in [2.45, 2.75) is 12.7 Å². The SMILES string of the molecule is O=C(NCc1ccccn1)c1ccnc(Nc2ccccc2C(F)(F)F)c1. The van der Waals surface area contributed by atoms with Gasteiger partial charge in [-0.15, -0.1) is 0 Å². The zero-order valence-corrected chi connectivity index (χ0v) is 14.0. The molecule has 0 spiro atoms. The summed E-state index contributed by atoms with van der Waals surface area (Å²) in [7, 11) is 0. The van der Waals surface area contributed by atoms with Crippen LogP contribution in [0.5, 0.6) is 0 Å². The Morgan fingerprint density at radius 3 is 2.48 bits per heavy atom. The molecule has 2 aromatic heterocycles. The zero-order chi connectivity index (χ0) is 19.3. The maximum Gasteiger partial charge on any atom is 0.418 e. The Balaban J connectivity index is 1.74. The van der Waals surface area contributed by atoms with Crippen LogP contribution in [0.25, 0.3) is 0 Å². The van der Waals surface area contributed by atoms with Gasteiger partial charge in [0.15, 0.2) is 0 Å². The van der Waals surface area contributed by atoms with Crippen molar-refractivity contribution in [3.63, 3.8) is 0 Å². The van der Waals surface area contributed by atoms with E-state index < -0.39 is 11.7 Å². The summed E-state index contributed by atoms with van der Waals surface area (Å²) < 4.78 is 39.3. The maximum absolute atomic E-state index is 13.1. The molecule has 0 atom stereocenters. The van der Waals surface area contributed by atoms with Gasteiger partial charge in [-0.25, -0.2) is 4.98 Å². The summed E-state index contributed by atoms with van der Waals surface area (Å²) in [6.45, 7) is 0.238. The van der Waals surface area contributed by atoms with Crippen LogP contribution in [0.1, 0.15) is 21.6 Å². The Hall–Kier alpha value is -3.42. The molecule has 0 bridgehead atoms. The van der Waals surface area contributed by atoms with E-state index in [0.29, 0.717) is 5.69 Å². The van der Waals surface area contributed by atoms with Crippen LogP contribution in [0.3, 0.4) is 0 Å². The molecule has 138 valence electrons. The van der Waals surface area contributed by atoms with E-state index >= 15 is 0 Å². The molecular formula is C19H15F3N4O. The predicted octanol–water partition coefficient (Wildman–Crippen LogP) is 4.17. The number of pyridine rings is 2. The summed E-state index contributed by atoms with van der Waals surface area (Å²) >= 11 is 0. The molecule has 0 saturated heterocycles. The number of rotatable bonds is 5. The lowest BCUT2D eigenvalue weighted by molar-refractivity contribution is -0.136. The minimum absolute atomic E-state index is 0.136. The second-order valence-corrected chi connectivity index (χ2v) is 5.60. The number of carbonyl (C=O) groups is 1. The highest BCUT2D eigenvalue weighted by Gasteiger charge is 2.33. The number of aromatic nitrogens is 2. The van der Waals surface area contributed by atoms with E-state index in [1.165, 1.54) is 36.5 Å². The van der Waals surface area contributed by atoms with Crippen molar-refractivity contribution in [3.8, 4) is 0 Å². The van der Waals surface area contributed by atoms with E-state index in [4.69, 9.17) is 0 Å². The third-order valence-corrected chi connectivity index (χ3v) is 3.67. The number of para-hydroxylation sites is 1. The number of alkyl halides is 3. The zero-order valence-electron chi connectivity index (χ0n) is 14.0. The van der Waals surface area contributed by atoms with E-state index in [-0.39, 0.29) is 29.5 Å². The molecule has 0 fully saturated rings. The monoisotopic (exact) mass is 372 g/mol. The third kappa shape index (κ3) is 4.81. The Morgan fingerprint density at radius 1 is 0.963 bits per heavy atom. The van der Waals surface area contributed by atoms with E-state index in [9.17, 15) is 18.0 Å².